The minimum Gasteiger partial charge on any atom is -0.484 e. The van der Waals surface area contributed by atoms with Gasteiger partial charge >= 0.3 is 0 Å². The van der Waals surface area contributed by atoms with Crippen molar-refractivity contribution < 1.29 is 31.2 Å². The van der Waals surface area contributed by atoms with Crippen molar-refractivity contribution in [1.29, 1.82) is 0 Å². The Labute approximate surface area is 251 Å². The standard InChI is InChI=1S/C29H33N5O7S2/c1-22(2)31-28(35)21-41-24-15-13-23(14-16-24)19-30-32-29(36)27-20-33(42(37,38)25-9-5-3-6-10-25)17-18-34(27)43(39,40)26-11-7-4-8-12-26/h3-16,19,22,27H,17-18,20-21H2,1-2H3,(H,31,35)(H,32,36)/b30-19-/t27-/m0/s1. The molecule has 0 aromatic heterocycles. The van der Waals surface area contributed by atoms with E-state index < -0.39 is 38.5 Å². The molecule has 1 heterocycles. The van der Waals surface area contributed by atoms with Gasteiger partial charge in [0.2, 0.25) is 20.0 Å². The number of carbonyl (C=O) groups excluding carboxylic acids is 2. The van der Waals surface area contributed by atoms with E-state index in [0.29, 0.717) is 11.3 Å². The molecular weight excluding hydrogens is 594 g/mol. The summed E-state index contributed by atoms with van der Waals surface area (Å²) in [5.74, 6) is -0.576. The highest BCUT2D eigenvalue weighted by Crippen LogP contribution is 2.25. The fraction of sp³-hybridized carbons (Fsp3) is 0.276. The molecule has 1 saturated heterocycles. The zero-order valence-corrected chi connectivity index (χ0v) is 25.3. The Morgan fingerprint density at radius 2 is 1.47 bits per heavy atom. The zero-order valence-electron chi connectivity index (χ0n) is 23.7. The summed E-state index contributed by atoms with van der Waals surface area (Å²) in [7, 11) is -8.12. The molecule has 0 saturated carbocycles. The van der Waals surface area contributed by atoms with E-state index in [1.54, 1.807) is 60.7 Å². The van der Waals surface area contributed by atoms with E-state index in [9.17, 15) is 26.4 Å². The Morgan fingerprint density at radius 3 is 2.05 bits per heavy atom. The van der Waals surface area contributed by atoms with Crippen molar-refractivity contribution in [2.24, 2.45) is 5.10 Å². The third-order valence-electron chi connectivity index (χ3n) is 6.42. The highest BCUT2D eigenvalue weighted by molar-refractivity contribution is 7.89. The number of carbonyl (C=O) groups is 2. The number of rotatable bonds is 11. The van der Waals surface area contributed by atoms with Crippen LogP contribution in [0.5, 0.6) is 5.75 Å². The first-order chi connectivity index (χ1) is 20.5. The van der Waals surface area contributed by atoms with Crippen LogP contribution in [0, 0.1) is 0 Å². The summed E-state index contributed by atoms with van der Waals surface area (Å²) in [6.07, 6.45) is 1.35. The lowest BCUT2D eigenvalue weighted by atomic mass is 10.2. The summed E-state index contributed by atoms with van der Waals surface area (Å²) in [5, 5.41) is 6.70. The van der Waals surface area contributed by atoms with Gasteiger partial charge in [-0.2, -0.15) is 13.7 Å². The maximum atomic E-state index is 13.5. The minimum atomic E-state index is -4.13. The van der Waals surface area contributed by atoms with E-state index in [4.69, 9.17) is 4.74 Å². The van der Waals surface area contributed by atoms with Crippen LogP contribution in [-0.4, -0.2) is 81.8 Å². The third-order valence-corrected chi connectivity index (χ3v) is 10.2. The second-order valence-corrected chi connectivity index (χ2v) is 13.8. The first-order valence-corrected chi connectivity index (χ1v) is 16.3. The van der Waals surface area contributed by atoms with Crippen molar-refractivity contribution in [3.8, 4) is 5.75 Å². The van der Waals surface area contributed by atoms with Gasteiger partial charge in [0.1, 0.15) is 11.8 Å². The molecule has 228 valence electrons. The third kappa shape index (κ3) is 8.04. The van der Waals surface area contributed by atoms with E-state index >= 15 is 0 Å². The van der Waals surface area contributed by atoms with Gasteiger partial charge in [0, 0.05) is 25.7 Å². The number of nitrogens with one attached hydrogen (secondary N) is 2. The Bertz CT molecular complexity index is 1650. The maximum absolute atomic E-state index is 13.5. The average molecular weight is 628 g/mol. The quantitative estimate of drug-likeness (QED) is 0.243. The minimum absolute atomic E-state index is 0.000344. The molecule has 0 bridgehead atoms. The highest BCUT2D eigenvalue weighted by atomic mass is 32.2. The Hall–Kier alpha value is -4.11. The predicted octanol–water partition coefficient (Wildman–Crippen LogP) is 1.80. The topological polar surface area (TPSA) is 155 Å². The van der Waals surface area contributed by atoms with Crippen LogP contribution < -0.4 is 15.5 Å². The van der Waals surface area contributed by atoms with Gasteiger partial charge in [-0.3, -0.25) is 9.59 Å². The summed E-state index contributed by atoms with van der Waals surface area (Å²) in [5.41, 5.74) is 2.95. The van der Waals surface area contributed by atoms with Gasteiger partial charge in [0.25, 0.3) is 11.8 Å². The SMILES string of the molecule is CC(C)NC(=O)COc1ccc(/C=N\NC(=O)[C@@H]2CN(S(=O)(=O)c3ccccc3)CCN2S(=O)(=O)c2ccccc2)cc1. The smallest absolute Gasteiger partial charge is 0.259 e. The van der Waals surface area contributed by atoms with Crippen molar-refractivity contribution in [2.75, 3.05) is 26.2 Å². The molecular formula is C29H33N5O7S2. The molecule has 3 aromatic carbocycles. The van der Waals surface area contributed by atoms with Crippen molar-refractivity contribution in [2.45, 2.75) is 35.7 Å². The summed E-state index contributed by atoms with van der Waals surface area (Å²) < 4.78 is 61.2. The molecule has 43 heavy (non-hydrogen) atoms. The van der Waals surface area contributed by atoms with Gasteiger partial charge in [-0.05, 0) is 67.9 Å². The normalized spacial score (nSPS) is 16.7. The van der Waals surface area contributed by atoms with Gasteiger partial charge in [-0.1, -0.05) is 36.4 Å². The molecule has 0 aliphatic carbocycles. The maximum Gasteiger partial charge on any atom is 0.259 e. The van der Waals surface area contributed by atoms with E-state index in [1.807, 2.05) is 13.8 Å². The number of hydrogen-bond donors (Lipinski definition) is 2. The number of hydrogen-bond acceptors (Lipinski definition) is 8. The van der Waals surface area contributed by atoms with Gasteiger partial charge in [0.15, 0.2) is 6.61 Å². The van der Waals surface area contributed by atoms with Crippen LogP contribution in [0.2, 0.25) is 0 Å². The molecule has 14 heteroatoms. The highest BCUT2D eigenvalue weighted by Gasteiger charge is 2.43. The fourth-order valence-electron chi connectivity index (χ4n) is 4.34. The van der Waals surface area contributed by atoms with Crippen LogP contribution in [0.25, 0.3) is 0 Å². The number of hydrazone groups is 1. The molecule has 12 nitrogen and oxygen atoms in total. The molecule has 1 fully saturated rings. The Morgan fingerprint density at radius 1 is 0.884 bits per heavy atom. The summed E-state index contributed by atoms with van der Waals surface area (Å²) in [6.45, 7) is 2.79. The van der Waals surface area contributed by atoms with E-state index in [1.165, 1.54) is 30.5 Å². The van der Waals surface area contributed by atoms with E-state index in [-0.39, 0.29) is 41.4 Å². The number of ether oxygens (including phenoxy) is 1. The lowest BCUT2D eigenvalue weighted by Crippen LogP contribution is -2.60. The van der Waals surface area contributed by atoms with Gasteiger partial charge < -0.3 is 10.1 Å². The molecule has 2 amide bonds. The molecule has 0 radical (unpaired) electrons. The van der Waals surface area contributed by atoms with Gasteiger partial charge in [0.05, 0.1) is 16.0 Å². The van der Waals surface area contributed by atoms with Gasteiger partial charge in [-0.25, -0.2) is 22.3 Å². The number of nitrogens with zero attached hydrogens (tertiary/aromatic N) is 3. The fourth-order valence-corrected chi connectivity index (χ4v) is 7.39. The van der Waals surface area contributed by atoms with Crippen molar-refractivity contribution in [3.05, 3.63) is 90.5 Å². The van der Waals surface area contributed by atoms with Crippen LogP contribution in [0.3, 0.4) is 0 Å². The van der Waals surface area contributed by atoms with Crippen LogP contribution in [-0.2, 0) is 29.6 Å². The lowest BCUT2D eigenvalue weighted by molar-refractivity contribution is -0.126. The summed E-state index contributed by atoms with van der Waals surface area (Å²) in [4.78, 5) is 25.1. The number of benzene rings is 3. The largest absolute Gasteiger partial charge is 0.484 e. The summed E-state index contributed by atoms with van der Waals surface area (Å²) in [6, 6.07) is 20.6. The molecule has 1 atom stereocenters. The zero-order chi connectivity index (χ0) is 31.0. The number of sulfonamides is 2. The van der Waals surface area contributed by atoms with E-state index in [2.05, 4.69) is 15.8 Å². The number of amides is 2. The monoisotopic (exact) mass is 627 g/mol. The molecule has 1 aliphatic rings. The lowest BCUT2D eigenvalue weighted by Gasteiger charge is -2.38. The molecule has 2 N–H and O–H groups in total. The molecule has 1 aliphatic heterocycles. The Balaban J connectivity index is 1.49. The van der Waals surface area contributed by atoms with Crippen LogP contribution >= 0.6 is 0 Å². The Kier molecular flexibility index (Phi) is 10.3. The average Bonchev–Trinajstić information content (AvgIpc) is 3.01. The molecule has 3 aromatic rings. The van der Waals surface area contributed by atoms with Crippen LogP contribution in [0.15, 0.2) is 99.8 Å². The first kappa shape index (κ1) is 31.8. The van der Waals surface area contributed by atoms with Crippen LogP contribution in [0.1, 0.15) is 19.4 Å². The van der Waals surface area contributed by atoms with Crippen molar-refractivity contribution in [1.82, 2.24) is 19.4 Å². The molecule has 4 rings (SSSR count). The molecule has 0 spiro atoms. The van der Waals surface area contributed by atoms with Crippen LogP contribution in [0.4, 0.5) is 0 Å². The summed E-state index contributed by atoms with van der Waals surface area (Å²) >= 11 is 0. The predicted molar refractivity (Wildman–Crippen MR) is 160 cm³/mol. The van der Waals surface area contributed by atoms with Gasteiger partial charge in [-0.15, -0.1) is 0 Å². The van der Waals surface area contributed by atoms with Crippen molar-refractivity contribution >= 4 is 38.1 Å². The van der Waals surface area contributed by atoms with Crippen molar-refractivity contribution in [3.63, 3.8) is 0 Å². The first-order valence-electron chi connectivity index (χ1n) is 13.5. The van der Waals surface area contributed by atoms with E-state index in [0.717, 1.165) is 8.61 Å². The number of piperazine rings is 1. The second kappa shape index (κ2) is 13.9. The molecule has 0 unspecified atom stereocenters. The second-order valence-electron chi connectivity index (χ2n) is 9.93.